The molecule has 22 heavy (non-hydrogen) atoms. The third-order valence-electron chi connectivity index (χ3n) is 3.69. The van der Waals surface area contributed by atoms with Crippen molar-refractivity contribution < 1.29 is 14.1 Å². The predicted octanol–water partition coefficient (Wildman–Crippen LogP) is 2.76. The number of ether oxygens (including phenoxy) is 1. The third kappa shape index (κ3) is 2.74. The Morgan fingerprint density at radius 1 is 1.55 bits per heavy atom. The van der Waals surface area contributed by atoms with Crippen LogP contribution in [0.2, 0.25) is 0 Å². The number of hydrogen-bond acceptors (Lipinski definition) is 5. The topological polar surface area (TPSA) is 80.5 Å². The number of nitrogens with one attached hydrogen (secondary N) is 1. The number of urea groups is 1. The van der Waals surface area contributed by atoms with E-state index in [1.807, 2.05) is 13.0 Å². The monoisotopic (exact) mass is 302 g/mol. The van der Waals surface area contributed by atoms with Gasteiger partial charge in [0.05, 0.1) is 18.8 Å². The summed E-state index contributed by atoms with van der Waals surface area (Å²) in [5.41, 5.74) is 1.37. The number of rotatable bonds is 3. The molecule has 3 heterocycles. The van der Waals surface area contributed by atoms with Crippen molar-refractivity contribution >= 4 is 11.7 Å². The summed E-state index contributed by atoms with van der Waals surface area (Å²) in [6.45, 7) is 2.55. The van der Waals surface area contributed by atoms with E-state index in [9.17, 15) is 4.79 Å². The number of hydrogen-bond donors (Lipinski definition) is 1. The number of carbonyl (C=O) groups is 1. The fraction of sp³-hybridized carbons (Fsp3) is 0.400. The van der Waals surface area contributed by atoms with Crippen molar-refractivity contribution in [2.45, 2.75) is 25.8 Å². The Morgan fingerprint density at radius 3 is 3.14 bits per heavy atom. The molecule has 1 atom stereocenters. The second kappa shape index (κ2) is 6.05. The fourth-order valence-electron chi connectivity index (χ4n) is 2.68. The SMILES string of the molecule is COc1ncccc1NC(=O)N1CCC[C@H]1c1cc(C)no1. The number of aryl methyl sites for hydroxylation is 1. The van der Waals surface area contributed by atoms with E-state index in [-0.39, 0.29) is 12.1 Å². The number of amides is 2. The van der Waals surface area contributed by atoms with Crippen LogP contribution in [-0.2, 0) is 0 Å². The molecule has 0 radical (unpaired) electrons. The zero-order valence-electron chi connectivity index (χ0n) is 12.6. The quantitative estimate of drug-likeness (QED) is 0.943. The van der Waals surface area contributed by atoms with Crippen LogP contribution in [0.25, 0.3) is 0 Å². The lowest BCUT2D eigenvalue weighted by molar-refractivity contribution is 0.195. The van der Waals surface area contributed by atoms with Gasteiger partial charge in [-0.15, -0.1) is 0 Å². The molecule has 1 aliphatic heterocycles. The number of aromatic nitrogens is 2. The largest absolute Gasteiger partial charge is 0.480 e. The number of anilines is 1. The summed E-state index contributed by atoms with van der Waals surface area (Å²) in [5.74, 6) is 1.12. The molecule has 3 rings (SSSR count). The van der Waals surface area contributed by atoms with Gasteiger partial charge < -0.3 is 19.5 Å². The first kappa shape index (κ1) is 14.4. The smallest absolute Gasteiger partial charge is 0.322 e. The van der Waals surface area contributed by atoms with E-state index in [0.29, 0.717) is 18.1 Å². The van der Waals surface area contributed by atoms with Gasteiger partial charge in [0, 0.05) is 18.8 Å². The molecule has 0 aromatic carbocycles. The van der Waals surface area contributed by atoms with Crippen LogP contribution in [0.1, 0.15) is 30.3 Å². The molecule has 0 bridgehead atoms. The second-order valence-electron chi connectivity index (χ2n) is 5.21. The van der Waals surface area contributed by atoms with E-state index in [1.54, 1.807) is 23.2 Å². The first-order chi connectivity index (χ1) is 10.7. The summed E-state index contributed by atoms with van der Waals surface area (Å²) in [6.07, 6.45) is 3.42. The van der Waals surface area contributed by atoms with Crippen LogP contribution >= 0.6 is 0 Å². The number of likely N-dealkylation sites (tertiary alicyclic amines) is 1. The summed E-state index contributed by atoms with van der Waals surface area (Å²) < 4.78 is 10.5. The van der Waals surface area contributed by atoms with E-state index in [4.69, 9.17) is 9.26 Å². The Bertz CT molecular complexity index is 670. The number of nitrogens with zero attached hydrogens (tertiary/aromatic N) is 3. The minimum Gasteiger partial charge on any atom is -0.480 e. The number of methoxy groups -OCH3 is 1. The van der Waals surface area contributed by atoms with Gasteiger partial charge in [0.15, 0.2) is 5.76 Å². The Labute approximate surface area is 128 Å². The zero-order chi connectivity index (χ0) is 15.5. The molecule has 0 unspecified atom stereocenters. The van der Waals surface area contributed by atoms with Gasteiger partial charge in [-0.25, -0.2) is 9.78 Å². The Balaban J connectivity index is 1.76. The van der Waals surface area contributed by atoms with Crippen LogP contribution in [-0.4, -0.2) is 34.7 Å². The molecule has 1 fully saturated rings. The molecule has 1 aliphatic rings. The summed E-state index contributed by atoms with van der Waals surface area (Å²) in [5, 5.41) is 6.75. The van der Waals surface area contributed by atoms with Gasteiger partial charge in [-0.1, -0.05) is 5.16 Å². The molecular formula is C15H18N4O3. The summed E-state index contributed by atoms with van der Waals surface area (Å²) >= 11 is 0. The van der Waals surface area contributed by atoms with Crippen molar-refractivity contribution in [1.82, 2.24) is 15.0 Å². The van der Waals surface area contributed by atoms with Crippen molar-refractivity contribution in [3.8, 4) is 5.88 Å². The lowest BCUT2D eigenvalue weighted by atomic mass is 10.1. The first-order valence-corrected chi connectivity index (χ1v) is 7.19. The van der Waals surface area contributed by atoms with Crippen LogP contribution in [0.5, 0.6) is 5.88 Å². The molecule has 1 N–H and O–H groups in total. The standard InChI is InChI=1S/C15H18N4O3/c1-10-9-13(22-18-10)12-6-4-8-19(12)15(20)17-11-5-3-7-16-14(11)21-2/h3,5,7,9,12H,4,6,8H2,1-2H3,(H,17,20)/t12-/m0/s1. The maximum Gasteiger partial charge on any atom is 0.322 e. The molecule has 7 heteroatoms. The van der Waals surface area contributed by atoms with E-state index >= 15 is 0 Å². The molecular weight excluding hydrogens is 284 g/mol. The van der Waals surface area contributed by atoms with E-state index in [1.165, 1.54) is 7.11 Å². The van der Waals surface area contributed by atoms with E-state index < -0.39 is 0 Å². The van der Waals surface area contributed by atoms with Gasteiger partial charge in [0.1, 0.15) is 5.69 Å². The molecule has 7 nitrogen and oxygen atoms in total. The van der Waals surface area contributed by atoms with Crippen molar-refractivity contribution in [2.24, 2.45) is 0 Å². The molecule has 0 aliphatic carbocycles. The predicted molar refractivity (Wildman–Crippen MR) is 79.7 cm³/mol. The van der Waals surface area contributed by atoms with Gasteiger partial charge in [0.2, 0.25) is 5.88 Å². The highest BCUT2D eigenvalue weighted by Crippen LogP contribution is 2.33. The molecule has 2 aromatic heterocycles. The summed E-state index contributed by atoms with van der Waals surface area (Å²) in [4.78, 5) is 18.4. The maximum absolute atomic E-state index is 12.5. The normalized spacial score (nSPS) is 17.5. The fourth-order valence-corrected chi connectivity index (χ4v) is 2.68. The molecule has 0 saturated carbocycles. The van der Waals surface area contributed by atoms with E-state index in [2.05, 4.69) is 15.5 Å². The van der Waals surface area contributed by atoms with Crippen LogP contribution in [0, 0.1) is 6.92 Å². The minimum atomic E-state index is -0.192. The molecule has 116 valence electrons. The van der Waals surface area contributed by atoms with Crippen LogP contribution in [0.15, 0.2) is 28.9 Å². The van der Waals surface area contributed by atoms with Gasteiger partial charge in [-0.2, -0.15) is 0 Å². The average Bonchev–Trinajstić information content (AvgIpc) is 3.16. The molecule has 1 saturated heterocycles. The highest BCUT2D eigenvalue weighted by Gasteiger charge is 2.33. The van der Waals surface area contributed by atoms with Crippen LogP contribution in [0.3, 0.4) is 0 Å². The van der Waals surface area contributed by atoms with Crippen LogP contribution in [0.4, 0.5) is 10.5 Å². The van der Waals surface area contributed by atoms with Crippen molar-refractivity contribution in [1.29, 1.82) is 0 Å². The molecule has 2 amide bonds. The van der Waals surface area contributed by atoms with Gasteiger partial charge in [-0.05, 0) is 31.9 Å². The summed E-state index contributed by atoms with van der Waals surface area (Å²) in [6, 6.07) is 5.11. The van der Waals surface area contributed by atoms with Crippen molar-refractivity contribution in [3.05, 3.63) is 35.9 Å². The Kier molecular flexibility index (Phi) is 3.95. The Hall–Kier alpha value is -2.57. The Morgan fingerprint density at radius 2 is 2.41 bits per heavy atom. The van der Waals surface area contributed by atoms with Gasteiger partial charge in [-0.3, -0.25) is 0 Å². The maximum atomic E-state index is 12.5. The van der Waals surface area contributed by atoms with Gasteiger partial charge in [0.25, 0.3) is 0 Å². The van der Waals surface area contributed by atoms with E-state index in [0.717, 1.165) is 24.3 Å². The highest BCUT2D eigenvalue weighted by molar-refractivity contribution is 5.91. The number of carbonyl (C=O) groups excluding carboxylic acids is 1. The third-order valence-corrected chi connectivity index (χ3v) is 3.69. The molecule has 2 aromatic rings. The van der Waals surface area contributed by atoms with Crippen molar-refractivity contribution in [2.75, 3.05) is 19.0 Å². The molecule has 0 spiro atoms. The average molecular weight is 302 g/mol. The zero-order valence-corrected chi connectivity index (χ0v) is 12.6. The van der Waals surface area contributed by atoms with Gasteiger partial charge >= 0.3 is 6.03 Å². The first-order valence-electron chi connectivity index (χ1n) is 7.19. The number of pyridine rings is 1. The van der Waals surface area contributed by atoms with Crippen molar-refractivity contribution in [3.63, 3.8) is 0 Å². The lowest BCUT2D eigenvalue weighted by Crippen LogP contribution is -2.34. The summed E-state index contributed by atoms with van der Waals surface area (Å²) in [7, 11) is 1.52. The minimum absolute atomic E-state index is 0.0798. The lowest BCUT2D eigenvalue weighted by Gasteiger charge is -2.23. The second-order valence-corrected chi connectivity index (χ2v) is 5.21. The highest BCUT2D eigenvalue weighted by atomic mass is 16.5. The van der Waals surface area contributed by atoms with Crippen LogP contribution < -0.4 is 10.1 Å².